The summed E-state index contributed by atoms with van der Waals surface area (Å²) in [6.45, 7) is 9.17. The van der Waals surface area contributed by atoms with E-state index in [1.165, 1.54) is 57.7 Å². The van der Waals surface area contributed by atoms with Crippen LogP contribution in [0.3, 0.4) is 0 Å². The fraction of sp³-hybridized carbons (Fsp3) is 0.553. The molecule has 1 N–H and O–H groups in total. The number of fused-ring (bicyclic) bond motifs is 1. The lowest BCUT2D eigenvalue weighted by Gasteiger charge is -2.31. The molecule has 1 aromatic heterocycles. The third-order valence-corrected chi connectivity index (χ3v) is 8.56. The minimum atomic E-state index is -0.0444. The molecule has 0 aliphatic heterocycles. The molecule has 2 fully saturated rings. The molecule has 2 aromatic rings. The number of ether oxygens (including phenoxy) is 1. The lowest BCUT2D eigenvalue weighted by molar-refractivity contribution is -0.131. The van der Waals surface area contributed by atoms with E-state index in [2.05, 4.69) is 48.6 Å². The number of methoxy groups -OCH3 is 1. The lowest BCUT2D eigenvalue weighted by atomic mass is 9.94. The Morgan fingerprint density at radius 3 is 2.22 bits per heavy atom. The fourth-order valence-corrected chi connectivity index (χ4v) is 6.05. The third-order valence-electron chi connectivity index (χ3n) is 8.56. The van der Waals surface area contributed by atoms with Crippen molar-refractivity contribution < 1.29 is 19.1 Å². The van der Waals surface area contributed by atoms with E-state index in [1.807, 2.05) is 43.1 Å². The molecule has 0 atom stereocenters. The van der Waals surface area contributed by atoms with Gasteiger partial charge in [-0.3, -0.25) is 19.0 Å². The Morgan fingerprint density at radius 2 is 1.67 bits per heavy atom. The largest absolute Gasteiger partial charge is 0.497 e. The number of hydrogen-bond donors (Lipinski definition) is 1. The maximum atomic E-state index is 12.9. The second kappa shape index (κ2) is 23.9. The Labute approximate surface area is 283 Å². The number of nitrogens with zero attached hydrogens (tertiary/aromatic N) is 2. The van der Waals surface area contributed by atoms with Crippen LogP contribution in [0.15, 0.2) is 55.2 Å². The number of allylic oxidation sites excluding steroid dienone is 5. The van der Waals surface area contributed by atoms with Crippen LogP contribution in [-0.2, 0) is 16.0 Å². The van der Waals surface area contributed by atoms with Crippen LogP contribution in [0.25, 0.3) is 10.9 Å². The molecule has 1 aromatic carbocycles. The number of nitrogens with one attached hydrogen (secondary N) is 1. The van der Waals surface area contributed by atoms with Gasteiger partial charge in [-0.2, -0.15) is 0 Å². The summed E-state index contributed by atoms with van der Waals surface area (Å²) < 4.78 is 7.04. The summed E-state index contributed by atoms with van der Waals surface area (Å²) in [5.74, 6) is 0.801. The molecule has 0 saturated heterocycles. The van der Waals surface area contributed by atoms with E-state index in [0.717, 1.165) is 60.0 Å². The van der Waals surface area contributed by atoms with Gasteiger partial charge in [-0.15, -0.1) is 11.6 Å². The Kier molecular flexibility index (Phi) is 21.2. The van der Waals surface area contributed by atoms with Gasteiger partial charge in [0.2, 0.25) is 18.2 Å². The molecule has 0 unspecified atom stereocenters. The molecule has 2 saturated carbocycles. The molecule has 256 valence electrons. The molecule has 4 rings (SSSR count). The summed E-state index contributed by atoms with van der Waals surface area (Å²) in [5.41, 5.74) is 2.59. The van der Waals surface area contributed by atoms with E-state index in [4.69, 9.17) is 4.74 Å². The molecule has 2 aliphatic rings. The topological polar surface area (TPSA) is 80.6 Å². The highest BCUT2D eigenvalue weighted by Crippen LogP contribution is 2.31. The Bertz CT molecular complexity index is 1250. The second-order valence-electron chi connectivity index (χ2n) is 11.7. The highest BCUT2D eigenvalue weighted by Gasteiger charge is 2.25. The smallest absolute Gasteiger partial charge is 0.228 e. The average molecular weight is 656 g/mol. The van der Waals surface area contributed by atoms with Crippen molar-refractivity contribution in [3.63, 3.8) is 0 Å². The van der Waals surface area contributed by atoms with Gasteiger partial charge >= 0.3 is 0 Å². The standard InChI is InChI=1S/C21H28N2O3.C9H14.C7H13NO.CH3Cl/c1-14-18(13-21(25)22(3)16-8-6-5-7-9-16)19-12-17(26-4)10-11-20(19)23(14)15(2)24;1-3-5-7-9-8-6-4-2;9-6-8-7-4-2-1-3-5-7;1-2/h10-12,16H,5-9,13H2,1-4H3;3,5-8H,1,4,9H2,2H3;6-7H,1-5H2,(H,8,9);1H3/b;7-5?,8-6-;;. The number of carbonyl (C=O) groups is 3. The lowest BCUT2D eigenvalue weighted by Crippen LogP contribution is -2.39. The number of carbonyl (C=O) groups excluding carboxylic acids is 3. The van der Waals surface area contributed by atoms with Crippen LogP contribution in [0, 0.1) is 6.92 Å². The zero-order chi connectivity index (χ0) is 34.3. The van der Waals surface area contributed by atoms with Gasteiger partial charge in [-0.1, -0.05) is 82.4 Å². The Balaban J connectivity index is 0.000000433. The van der Waals surface area contributed by atoms with Gasteiger partial charge in [0.05, 0.1) is 19.0 Å². The summed E-state index contributed by atoms with van der Waals surface area (Å²) in [5, 5.41) is 3.72. The van der Waals surface area contributed by atoms with Crippen LogP contribution in [0.4, 0.5) is 0 Å². The zero-order valence-electron chi connectivity index (χ0n) is 29.2. The summed E-state index contributed by atoms with van der Waals surface area (Å²) in [4.78, 5) is 37.0. The molecule has 1 heterocycles. The van der Waals surface area contributed by atoms with Gasteiger partial charge in [-0.25, -0.2) is 0 Å². The summed E-state index contributed by atoms with van der Waals surface area (Å²) in [6.07, 6.45) is 27.0. The van der Waals surface area contributed by atoms with E-state index in [9.17, 15) is 14.4 Å². The quantitative estimate of drug-likeness (QED) is 0.120. The van der Waals surface area contributed by atoms with Crippen LogP contribution in [-0.4, -0.2) is 60.3 Å². The molecular formula is C38H58ClN3O4. The number of benzene rings is 1. The highest BCUT2D eigenvalue weighted by atomic mass is 35.5. The summed E-state index contributed by atoms with van der Waals surface area (Å²) >= 11 is 4.64. The predicted molar refractivity (Wildman–Crippen MR) is 194 cm³/mol. The first-order valence-corrected chi connectivity index (χ1v) is 17.5. The van der Waals surface area contributed by atoms with Crippen molar-refractivity contribution in [3.8, 4) is 5.75 Å². The van der Waals surface area contributed by atoms with Crippen molar-refractivity contribution >= 4 is 40.7 Å². The molecule has 0 spiro atoms. The zero-order valence-corrected chi connectivity index (χ0v) is 29.9. The first-order chi connectivity index (χ1) is 22.3. The third kappa shape index (κ3) is 13.6. The highest BCUT2D eigenvalue weighted by molar-refractivity contribution is 6.15. The van der Waals surface area contributed by atoms with E-state index in [1.54, 1.807) is 24.7 Å². The van der Waals surface area contributed by atoms with Gasteiger partial charge in [0.15, 0.2) is 0 Å². The van der Waals surface area contributed by atoms with E-state index in [-0.39, 0.29) is 11.8 Å². The maximum absolute atomic E-state index is 12.9. The van der Waals surface area contributed by atoms with E-state index < -0.39 is 0 Å². The maximum Gasteiger partial charge on any atom is 0.228 e. The van der Waals surface area contributed by atoms with Gasteiger partial charge in [-0.05, 0) is 69.2 Å². The van der Waals surface area contributed by atoms with Crippen LogP contribution >= 0.6 is 11.6 Å². The first-order valence-electron chi connectivity index (χ1n) is 16.7. The van der Waals surface area contributed by atoms with Crippen molar-refractivity contribution in [3.05, 3.63) is 66.4 Å². The molecule has 0 radical (unpaired) electrons. The van der Waals surface area contributed by atoms with Crippen LogP contribution in [0.2, 0.25) is 0 Å². The minimum Gasteiger partial charge on any atom is -0.497 e. The molecule has 46 heavy (non-hydrogen) atoms. The summed E-state index contributed by atoms with van der Waals surface area (Å²) in [6, 6.07) is 6.48. The van der Waals surface area contributed by atoms with Crippen molar-refractivity contribution in [2.45, 2.75) is 116 Å². The molecule has 7 nitrogen and oxygen atoms in total. The Morgan fingerprint density at radius 1 is 1.04 bits per heavy atom. The molecule has 2 amide bonds. The number of amides is 2. The van der Waals surface area contributed by atoms with Gasteiger partial charge in [0.1, 0.15) is 5.75 Å². The van der Waals surface area contributed by atoms with Gasteiger partial charge < -0.3 is 15.0 Å². The predicted octanol–water partition coefficient (Wildman–Crippen LogP) is 8.96. The molecule has 8 heteroatoms. The molecule has 2 aliphatic carbocycles. The van der Waals surface area contributed by atoms with Gasteiger partial charge in [0.25, 0.3) is 0 Å². The van der Waals surface area contributed by atoms with Gasteiger partial charge in [0, 0.05) is 43.5 Å². The first kappa shape index (κ1) is 40.7. The Hall–Kier alpha value is -3.32. The van der Waals surface area contributed by atoms with E-state index in [0.29, 0.717) is 18.5 Å². The van der Waals surface area contributed by atoms with Crippen molar-refractivity contribution in [2.24, 2.45) is 0 Å². The van der Waals surface area contributed by atoms with Crippen LogP contribution < -0.4 is 10.1 Å². The molecule has 0 bridgehead atoms. The number of likely N-dealkylation sites (N-methyl/N-ethyl adjacent to an activating group) is 1. The normalized spacial score (nSPS) is 15.1. The van der Waals surface area contributed by atoms with Crippen LogP contribution in [0.1, 0.15) is 107 Å². The monoisotopic (exact) mass is 655 g/mol. The SMILES string of the molecule is C=CC=CC/C=C\CC.CCl.COc1ccc2c(c1)c(CC(=O)N(C)C1CCCCC1)c(C)n2C(C)=O.O=CNC1CCCCC1. The van der Waals surface area contributed by atoms with Crippen LogP contribution in [0.5, 0.6) is 5.75 Å². The average Bonchev–Trinajstić information content (AvgIpc) is 3.36. The number of alkyl halides is 1. The van der Waals surface area contributed by atoms with Crippen molar-refractivity contribution in [1.29, 1.82) is 0 Å². The molecular weight excluding hydrogens is 598 g/mol. The van der Waals surface area contributed by atoms with E-state index >= 15 is 0 Å². The number of rotatable bonds is 10. The number of halogens is 1. The van der Waals surface area contributed by atoms with Crippen molar-refractivity contribution in [1.82, 2.24) is 14.8 Å². The summed E-state index contributed by atoms with van der Waals surface area (Å²) in [7, 11) is 3.54. The fourth-order valence-electron chi connectivity index (χ4n) is 6.05. The number of hydrogen-bond acceptors (Lipinski definition) is 4. The second-order valence-corrected chi connectivity index (χ2v) is 11.7. The number of aromatic nitrogens is 1. The minimum absolute atomic E-state index is 0.0444. The van der Waals surface area contributed by atoms with Crippen molar-refractivity contribution in [2.75, 3.05) is 20.5 Å².